The van der Waals surface area contributed by atoms with Gasteiger partial charge in [0.1, 0.15) is 0 Å². The molecule has 0 aromatic heterocycles. The highest BCUT2D eigenvalue weighted by Gasteiger charge is 2.20. The maximum atomic E-state index is 6.17. The van der Waals surface area contributed by atoms with E-state index in [2.05, 4.69) is 0 Å². The lowest BCUT2D eigenvalue weighted by Gasteiger charge is -2.07. The highest BCUT2D eigenvalue weighted by molar-refractivity contribution is 6.40. The Kier molecular flexibility index (Phi) is 2.14. The van der Waals surface area contributed by atoms with Gasteiger partial charge >= 0.3 is 0 Å². The van der Waals surface area contributed by atoms with Crippen LogP contribution < -0.4 is 0 Å². The van der Waals surface area contributed by atoms with Gasteiger partial charge in [0, 0.05) is 20.5 Å². The van der Waals surface area contributed by atoms with Gasteiger partial charge in [0.2, 0.25) is 0 Å². The van der Waals surface area contributed by atoms with Gasteiger partial charge in [-0.1, -0.05) is 40.9 Å². The van der Waals surface area contributed by atoms with E-state index in [1.54, 1.807) is 0 Å². The lowest BCUT2D eigenvalue weighted by Crippen LogP contribution is -1.83. The van der Waals surface area contributed by atoms with Crippen LogP contribution in [0.25, 0.3) is 10.8 Å². The van der Waals surface area contributed by atoms with Gasteiger partial charge in [-0.25, -0.2) is 0 Å². The molecule has 0 heterocycles. The number of aryl methyl sites for hydroxylation is 2. The number of rotatable bonds is 0. The average molecular weight is 258 g/mol. The molecule has 0 unspecified atom stereocenters. The molecule has 1 aliphatic rings. The Balaban J connectivity index is 2.58. The molecule has 0 radical (unpaired) electrons. The third-order valence-electron chi connectivity index (χ3n) is 2.98. The van der Waals surface area contributed by atoms with E-state index in [9.17, 15) is 0 Å². The summed E-state index contributed by atoms with van der Waals surface area (Å²) in [6.45, 7) is 0. The first-order valence-corrected chi connectivity index (χ1v) is 5.90. The van der Waals surface area contributed by atoms with Crippen LogP contribution >= 0.6 is 34.8 Å². The summed E-state index contributed by atoms with van der Waals surface area (Å²) in [7, 11) is 0. The fourth-order valence-electron chi connectivity index (χ4n) is 2.30. The highest BCUT2D eigenvalue weighted by atomic mass is 35.5. The molecule has 0 bridgehead atoms. The Morgan fingerprint density at radius 1 is 0.800 bits per heavy atom. The first-order chi connectivity index (χ1) is 7.18. The van der Waals surface area contributed by atoms with Gasteiger partial charge in [-0.3, -0.25) is 0 Å². The van der Waals surface area contributed by atoms with Crippen molar-refractivity contribution in [2.24, 2.45) is 0 Å². The summed E-state index contributed by atoms with van der Waals surface area (Å²) in [5.41, 5.74) is 2.38. The van der Waals surface area contributed by atoms with Crippen LogP contribution in [0.15, 0.2) is 18.2 Å². The SMILES string of the molecule is Clc1ccc2c(Cl)cc(Cl)c3c2c1CC3. The average Bonchev–Trinajstić information content (AvgIpc) is 2.62. The number of hydrogen-bond acceptors (Lipinski definition) is 0. The molecular formula is C12H7Cl3. The van der Waals surface area contributed by atoms with Crippen molar-refractivity contribution in [1.29, 1.82) is 0 Å². The summed E-state index contributed by atoms with van der Waals surface area (Å²) in [5.74, 6) is 0. The van der Waals surface area contributed by atoms with Gasteiger partial charge in [-0.05, 0) is 41.5 Å². The molecule has 3 rings (SSSR count). The Labute approximate surface area is 103 Å². The second kappa shape index (κ2) is 3.28. The maximum absolute atomic E-state index is 6.17. The van der Waals surface area contributed by atoms with Crippen LogP contribution in [0.2, 0.25) is 15.1 Å². The van der Waals surface area contributed by atoms with E-state index in [-0.39, 0.29) is 0 Å². The summed E-state index contributed by atoms with van der Waals surface area (Å²) in [6, 6.07) is 5.70. The van der Waals surface area contributed by atoms with Gasteiger partial charge < -0.3 is 0 Å². The molecule has 2 aromatic carbocycles. The zero-order valence-corrected chi connectivity index (χ0v) is 10.0. The minimum absolute atomic E-state index is 0.707. The van der Waals surface area contributed by atoms with E-state index < -0.39 is 0 Å². The second-order valence-electron chi connectivity index (χ2n) is 3.77. The van der Waals surface area contributed by atoms with Crippen molar-refractivity contribution in [1.82, 2.24) is 0 Å². The van der Waals surface area contributed by atoms with E-state index in [4.69, 9.17) is 34.8 Å². The molecule has 0 atom stereocenters. The van der Waals surface area contributed by atoms with E-state index in [0.29, 0.717) is 5.02 Å². The topological polar surface area (TPSA) is 0 Å². The zero-order chi connectivity index (χ0) is 10.6. The van der Waals surface area contributed by atoms with Crippen LogP contribution in [0.1, 0.15) is 11.1 Å². The van der Waals surface area contributed by atoms with Crippen molar-refractivity contribution < 1.29 is 0 Å². The number of hydrogen-bond donors (Lipinski definition) is 0. The van der Waals surface area contributed by atoms with Crippen LogP contribution in [0.3, 0.4) is 0 Å². The molecule has 76 valence electrons. The second-order valence-corrected chi connectivity index (χ2v) is 4.99. The minimum atomic E-state index is 0.707. The minimum Gasteiger partial charge on any atom is -0.0840 e. The predicted molar refractivity (Wildman–Crippen MR) is 66.4 cm³/mol. The van der Waals surface area contributed by atoms with Crippen LogP contribution in [-0.2, 0) is 12.8 Å². The summed E-state index contributed by atoms with van der Waals surface area (Å²) >= 11 is 18.5. The van der Waals surface area contributed by atoms with Crippen LogP contribution in [0, 0.1) is 0 Å². The van der Waals surface area contributed by atoms with E-state index in [1.165, 1.54) is 16.5 Å². The van der Waals surface area contributed by atoms with Gasteiger partial charge in [0.05, 0.1) is 0 Å². The molecule has 0 aliphatic heterocycles. The molecule has 0 spiro atoms. The van der Waals surface area contributed by atoms with Gasteiger partial charge in [0.15, 0.2) is 0 Å². The molecule has 0 N–H and O–H groups in total. The van der Waals surface area contributed by atoms with Crippen LogP contribution in [0.4, 0.5) is 0 Å². The molecule has 0 saturated heterocycles. The number of benzene rings is 2. The van der Waals surface area contributed by atoms with Gasteiger partial charge in [-0.2, -0.15) is 0 Å². The molecule has 2 aromatic rings. The van der Waals surface area contributed by atoms with Crippen LogP contribution in [-0.4, -0.2) is 0 Å². The summed E-state index contributed by atoms with van der Waals surface area (Å²) in [5, 5.41) is 4.51. The molecule has 1 aliphatic carbocycles. The van der Waals surface area contributed by atoms with E-state index in [1.807, 2.05) is 18.2 Å². The quantitative estimate of drug-likeness (QED) is 0.630. The lowest BCUT2D eigenvalue weighted by molar-refractivity contribution is 1.02. The smallest absolute Gasteiger partial charge is 0.0499 e. The fraction of sp³-hybridized carbons (Fsp3) is 0.167. The third kappa shape index (κ3) is 1.29. The van der Waals surface area contributed by atoms with Crippen molar-refractivity contribution in [3.05, 3.63) is 44.4 Å². The maximum Gasteiger partial charge on any atom is 0.0499 e. The third-order valence-corrected chi connectivity index (χ3v) is 3.99. The Morgan fingerprint density at radius 3 is 2.20 bits per heavy atom. The molecular weight excluding hydrogens is 250 g/mol. The fourth-order valence-corrected chi connectivity index (χ4v) is 3.17. The normalized spacial score (nSPS) is 13.8. The summed E-state index contributed by atoms with van der Waals surface area (Å²) in [4.78, 5) is 0. The highest BCUT2D eigenvalue weighted by Crippen LogP contribution is 2.41. The molecule has 15 heavy (non-hydrogen) atoms. The Bertz CT molecular complexity index is 563. The molecule has 3 heteroatoms. The van der Waals surface area contributed by atoms with Crippen molar-refractivity contribution in [2.45, 2.75) is 12.8 Å². The first kappa shape index (κ1) is 9.77. The first-order valence-electron chi connectivity index (χ1n) is 4.76. The molecule has 0 amide bonds. The summed E-state index contributed by atoms with van der Waals surface area (Å²) < 4.78 is 0. The Hall–Kier alpha value is -0.430. The lowest BCUT2D eigenvalue weighted by atomic mass is 10.1. The molecule has 0 fully saturated rings. The van der Waals surface area contributed by atoms with Gasteiger partial charge in [-0.15, -0.1) is 0 Å². The van der Waals surface area contributed by atoms with Crippen molar-refractivity contribution in [3.63, 3.8) is 0 Å². The molecule has 0 nitrogen and oxygen atoms in total. The van der Waals surface area contributed by atoms with E-state index in [0.717, 1.165) is 28.3 Å². The van der Waals surface area contributed by atoms with Crippen LogP contribution in [0.5, 0.6) is 0 Å². The van der Waals surface area contributed by atoms with Crippen molar-refractivity contribution in [2.75, 3.05) is 0 Å². The summed E-state index contributed by atoms with van der Waals surface area (Å²) in [6.07, 6.45) is 1.93. The monoisotopic (exact) mass is 256 g/mol. The standard InChI is InChI=1S/C12H7Cl3/c13-9-4-3-8-11(15)5-10(14)7-2-1-6(9)12(7)8/h3-5H,1-2H2. The van der Waals surface area contributed by atoms with Gasteiger partial charge in [0.25, 0.3) is 0 Å². The van der Waals surface area contributed by atoms with Crippen molar-refractivity contribution >= 4 is 45.6 Å². The van der Waals surface area contributed by atoms with Crippen molar-refractivity contribution in [3.8, 4) is 0 Å². The Morgan fingerprint density at radius 2 is 1.47 bits per heavy atom. The largest absolute Gasteiger partial charge is 0.0840 e. The zero-order valence-electron chi connectivity index (χ0n) is 7.78. The molecule has 0 saturated carbocycles. The number of halogens is 3. The predicted octanol–water partition coefficient (Wildman–Crippen LogP) is 4.90. The van der Waals surface area contributed by atoms with E-state index >= 15 is 0 Å².